The average molecular weight is 437 g/mol. The largest absolute Gasteiger partial charge is 0.480 e. The molecule has 0 unspecified atom stereocenters. The first kappa shape index (κ1) is 26.6. The van der Waals surface area contributed by atoms with Crippen molar-refractivity contribution in [1.29, 1.82) is 0 Å². The highest BCUT2D eigenvalue weighted by Gasteiger charge is 2.37. The number of hydrogen-bond donors (Lipinski definition) is 2. The summed E-state index contributed by atoms with van der Waals surface area (Å²) in [6.07, 6.45) is 0. The summed E-state index contributed by atoms with van der Waals surface area (Å²) in [6, 6.07) is -2.07. The molecule has 0 aromatic rings. The molecular formula is C18H32N2O6S2. The third-order valence-electron chi connectivity index (χ3n) is 3.85. The van der Waals surface area contributed by atoms with E-state index in [0.29, 0.717) is 0 Å². The van der Waals surface area contributed by atoms with Gasteiger partial charge in [-0.2, -0.15) is 0 Å². The van der Waals surface area contributed by atoms with Crippen molar-refractivity contribution in [3.63, 3.8) is 0 Å². The van der Waals surface area contributed by atoms with Gasteiger partial charge in [-0.3, -0.25) is 9.59 Å². The van der Waals surface area contributed by atoms with Crippen LogP contribution in [0.2, 0.25) is 0 Å². The Bertz CT molecular complexity index is 546. The molecule has 2 amide bonds. The molecule has 0 aliphatic carbocycles. The summed E-state index contributed by atoms with van der Waals surface area (Å²) in [5.41, 5.74) is -1.33. The van der Waals surface area contributed by atoms with Gasteiger partial charge in [0.1, 0.15) is 12.1 Å². The number of carbonyl (C=O) groups excluding carboxylic acids is 2. The summed E-state index contributed by atoms with van der Waals surface area (Å²) < 4.78 is 0. The Morgan fingerprint density at radius 1 is 0.714 bits per heavy atom. The van der Waals surface area contributed by atoms with Crippen molar-refractivity contribution >= 4 is 45.3 Å². The van der Waals surface area contributed by atoms with Gasteiger partial charge < -0.3 is 20.0 Å². The molecule has 28 heavy (non-hydrogen) atoms. The van der Waals surface area contributed by atoms with E-state index < -0.39 is 35.1 Å². The van der Waals surface area contributed by atoms with E-state index in [9.17, 15) is 29.4 Å². The van der Waals surface area contributed by atoms with Gasteiger partial charge in [-0.15, -0.1) is 0 Å². The summed E-state index contributed by atoms with van der Waals surface area (Å²) in [6.45, 7) is 13.2. The van der Waals surface area contributed by atoms with Crippen molar-refractivity contribution in [2.45, 2.75) is 78.6 Å². The molecule has 0 saturated heterocycles. The van der Waals surface area contributed by atoms with Crippen LogP contribution in [0.15, 0.2) is 0 Å². The molecule has 0 aromatic carbocycles. The Morgan fingerprint density at radius 2 is 0.964 bits per heavy atom. The summed E-state index contributed by atoms with van der Waals surface area (Å²) in [5, 5.41) is 19.1. The second-order valence-electron chi connectivity index (χ2n) is 8.40. The zero-order valence-electron chi connectivity index (χ0n) is 17.8. The highest BCUT2D eigenvalue weighted by molar-refractivity contribution is 8.76. The fourth-order valence-electron chi connectivity index (χ4n) is 3.06. The monoisotopic (exact) mass is 436 g/mol. The lowest BCUT2D eigenvalue weighted by Crippen LogP contribution is -2.55. The van der Waals surface area contributed by atoms with Crippen LogP contribution in [0, 0.1) is 0 Å². The SMILES string of the molecule is CC(=O)N([C@@H](CSSC[C@@H](C(=O)O)N(C(C)=O)C(C)(C)C)C(=O)O)C(C)(C)C. The highest BCUT2D eigenvalue weighted by atomic mass is 33.1. The lowest BCUT2D eigenvalue weighted by molar-refractivity contribution is -0.152. The third kappa shape index (κ3) is 7.90. The Hall–Kier alpha value is -1.42. The van der Waals surface area contributed by atoms with E-state index in [0.717, 1.165) is 0 Å². The zero-order chi connectivity index (χ0) is 22.4. The third-order valence-corrected chi connectivity index (χ3v) is 6.24. The van der Waals surface area contributed by atoms with E-state index in [1.54, 1.807) is 41.5 Å². The van der Waals surface area contributed by atoms with Gasteiger partial charge in [0, 0.05) is 36.4 Å². The molecule has 0 fully saturated rings. The quantitative estimate of drug-likeness (QED) is 0.419. The van der Waals surface area contributed by atoms with Crippen LogP contribution in [0.25, 0.3) is 0 Å². The van der Waals surface area contributed by atoms with E-state index in [-0.39, 0.29) is 23.3 Å². The molecule has 8 nitrogen and oxygen atoms in total. The molecule has 0 bridgehead atoms. The van der Waals surface area contributed by atoms with Gasteiger partial charge in [0.25, 0.3) is 0 Å². The van der Waals surface area contributed by atoms with Crippen molar-refractivity contribution < 1.29 is 29.4 Å². The topological polar surface area (TPSA) is 115 Å². The molecule has 0 heterocycles. The maximum absolute atomic E-state index is 12.0. The summed E-state index contributed by atoms with van der Waals surface area (Å²) >= 11 is 0. The van der Waals surface area contributed by atoms with Crippen molar-refractivity contribution in [2.24, 2.45) is 0 Å². The molecule has 0 aromatic heterocycles. The zero-order valence-corrected chi connectivity index (χ0v) is 19.4. The fourth-order valence-corrected chi connectivity index (χ4v) is 5.44. The van der Waals surface area contributed by atoms with Crippen LogP contribution in [0.4, 0.5) is 0 Å². The summed E-state index contributed by atoms with van der Waals surface area (Å²) in [4.78, 5) is 49.9. The summed E-state index contributed by atoms with van der Waals surface area (Å²) in [5.74, 6) is -2.73. The van der Waals surface area contributed by atoms with E-state index in [1.807, 2.05) is 0 Å². The number of amides is 2. The molecule has 162 valence electrons. The summed E-state index contributed by atoms with van der Waals surface area (Å²) in [7, 11) is 2.36. The molecule has 10 heteroatoms. The van der Waals surface area contributed by atoms with Gasteiger partial charge in [-0.05, 0) is 41.5 Å². The lowest BCUT2D eigenvalue weighted by Gasteiger charge is -2.40. The number of carboxylic acids is 2. The van der Waals surface area contributed by atoms with E-state index in [2.05, 4.69) is 0 Å². The lowest BCUT2D eigenvalue weighted by atomic mass is 10.0. The number of rotatable bonds is 9. The van der Waals surface area contributed by atoms with Crippen LogP contribution in [0.3, 0.4) is 0 Å². The van der Waals surface area contributed by atoms with Crippen LogP contribution in [-0.4, -0.2) is 78.4 Å². The van der Waals surface area contributed by atoms with Gasteiger partial charge in [-0.1, -0.05) is 21.6 Å². The Balaban J connectivity index is 5.20. The van der Waals surface area contributed by atoms with Gasteiger partial charge in [0.15, 0.2) is 0 Å². The normalized spacial score (nSPS) is 14.1. The minimum absolute atomic E-state index is 0.0960. The van der Waals surface area contributed by atoms with Gasteiger partial charge in [0.2, 0.25) is 11.8 Å². The van der Waals surface area contributed by atoms with Crippen molar-refractivity contribution in [1.82, 2.24) is 9.80 Å². The van der Waals surface area contributed by atoms with Crippen molar-refractivity contribution in [3.8, 4) is 0 Å². The molecule has 0 aliphatic heterocycles. The van der Waals surface area contributed by atoms with E-state index in [1.165, 1.54) is 45.2 Å². The van der Waals surface area contributed by atoms with Gasteiger partial charge >= 0.3 is 11.9 Å². The minimum Gasteiger partial charge on any atom is -0.480 e. The molecule has 0 aliphatic rings. The Morgan fingerprint density at radius 3 is 1.11 bits per heavy atom. The van der Waals surface area contributed by atoms with Crippen LogP contribution >= 0.6 is 21.6 Å². The van der Waals surface area contributed by atoms with E-state index in [4.69, 9.17) is 0 Å². The predicted octanol–water partition coefficient (Wildman–Crippen LogP) is 2.57. The van der Waals surface area contributed by atoms with Gasteiger partial charge in [-0.25, -0.2) is 9.59 Å². The minimum atomic E-state index is -1.12. The second kappa shape index (κ2) is 10.4. The first-order valence-corrected chi connectivity index (χ1v) is 11.3. The van der Waals surface area contributed by atoms with Crippen molar-refractivity contribution in [3.05, 3.63) is 0 Å². The highest BCUT2D eigenvalue weighted by Crippen LogP contribution is 2.30. The van der Waals surface area contributed by atoms with Crippen LogP contribution in [0.5, 0.6) is 0 Å². The maximum atomic E-state index is 12.0. The molecule has 0 saturated carbocycles. The van der Waals surface area contributed by atoms with Gasteiger partial charge in [0.05, 0.1) is 0 Å². The average Bonchev–Trinajstić information content (AvgIpc) is 2.44. The number of nitrogens with zero attached hydrogens (tertiary/aromatic N) is 2. The number of carbonyl (C=O) groups is 4. The molecule has 2 atom stereocenters. The smallest absolute Gasteiger partial charge is 0.327 e. The predicted molar refractivity (Wildman–Crippen MR) is 112 cm³/mol. The maximum Gasteiger partial charge on any atom is 0.327 e. The number of aliphatic carboxylic acids is 2. The Labute approximate surface area is 174 Å². The van der Waals surface area contributed by atoms with Crippen LogP contribution in [-0.2, 0) is 19.2 Å². The standard InChI is InChI=1S/C18H32N2O6S2/c1-11(21)19(17(3,4)5)13(15(23)24)9-27-28-10-14(16(25)26)20(12(2)22)18(6,7)8/h13-14H,9-10H2,1-8H3,(H,23,24)(H,25,26)/t13-,14-/m0/s1. The fraction of sp³-hybridized carbons (Fsp3) is 0.778. The first-order chi connectivity index (χ1) is 12.5. The Kier molecular flexibility index (Phi) is 9.86. The van der Waals surface area contributed by atoms with Crippen molar-refractivity contribution in [2.75, 3.05) is 11.5 Å². The molecule has 0 rings (SSSR count). The van der Waals surface area contributed by atoms with Crippen LogP contribution < -0.4 is 0 Å². The molecular weight excluding hydrogens is 404 g/mol. The number of hydrogen-bond acceptors (Lipinski definition) is 6. The molecule has 2 N–H and O–H groups in total. The molecule has 0 spiro atoms. The molecule has 0 radical (unpaired) electrons. The number of carboxylic acid groups (broad SMARTS) is 2. The van der Waals surface area contributed by atoms with E-state index >= 15 is 0 Å². The first-order valence-electron chi connectivity index (χ1n) is 8.81. The van der Waals surface area contributed by atoms with Crippen LogP contribution in [0.1, 0.15) is 55.4 Å². The second-order valence-corrected chi connectivity index (χ2v) is 10.9.